The Bertz CT molecular complexity index is 1090. The Morgan fingerprint density at radius 3 is 0.767 bits per heavy atom. The van der Waals surface area contributed by atoms with E-state index in [0.717, 1.165) is 18.7 Å². The van der Waals surface area contributed by atoms with Crippen LogP contribution in [-0.4, -0.2) is 12.3 Å². The predicted molar refractivity (Wildman–Crippen MR) is 204 cm³/mol. The van der Waals surface area contributed by atoms with E-state index in [9.17, 15) is 0 Å². The molecule has 0 heterocycles. The van der Waals surface area contributed by atoms with Crippen LogP contribution in [-0.2, 0) is 32.5 Å². The fourth-order valence-corrected chi connectivity index (χ4v) is 11.5. The third-order valence-electron chi connectivity index (χ3n) is 8.38. The first kappa shape index (κ1) is 39.1. The summed E-state index contributed by atoms with van der Waals surface area (Å²) in [6.45, 7) is 42.0. The summed E-state index contributed by atoms with van der Waals surface area (Å²) >= 11 is 15.1. The maximum atomic E-state index is 7.53. The second-order valence-electron chi connectivity index (χ2n) is 18.9. The van der Waals surface area contributed by atoms with Crippen molar-refractivity contribution in [1.29, 1.82) is 0 Å². The average molecular weight is 666 g/mol. The number of benzene rings is 2. The largest absolute Gasteiger partial charge is 0.0911 e. The van der Waals surface area contributed by atoms with E-state index < -0.39 is 14.5 Å². The summed E-state index contributed by atoms with van der Waals surface area (Å²) in [5.74, 6) is 0. The van der Waals surface area contributed by atoms with Gasteiger partial charge >= 0.3 is 0 Å². The van der Waals surface area contributed by atoms with Gasteiger partial charge in [-0.3, -0.25) is 0 Å². The summed E-state index contributed by atoms with van der Waals surface area (Å²) in [7, 11) is -1.70. The van der Waals surface area contributed by atoms with Crippen LogP contribution in [0.5, 0.6) is 0 Å². The van der Waals surface area contributed by atoms with Crippen molar-refractivity contribution in [1.82, 2.24) is 0 Å². The van der Waals surface area contributed by atoms with Crippen molar-refractivity contribution >= 4 is 47.6 Å². The van der Waals surface area contributed by atoms with Gasteiger partial charge in [-0.1, -0.05) is 171 Å². The highest BCUT2D eigenvalue weighted by Crippen LogP contribution is 2.52. The van der Waals surface area contributed by atoms with E-state index in [1.807, 2.05) is 0 Å². The summed E-state index contributed by atoms with van der Waals surface area (Å²) < 4.78 is 0. The van der Waals surface area contributed by atoms with Gasteiger partial charge in [0.25, 0.3) is 0 Å². The zero-order valence-corrected chi connectivity index (χ0v) is 34.4. The Morgan fingerprint density at radius 1 is 0.395 bits per heavy atom. The van der Waals surface area contributed by atoms with Gasteiger partial charge in [0, 0.05) is 14.5 Å². The zero-order valence-electron chi connectivity index (χ0n) is 31.1. The lowest BCUT2D eigenvalue weighted by molar-refractivity contribution is 0.553. The normalized spacial score (nSPS) is 15.5. The molecule has 2 unspecified atom stereocenters. The third-order valence-corrected chi connectivity index (χ3v) is 13.8. The van der Waals surface area contributed by atoms with Gasteiger partial charge < -0.3 is 0 Å². The van der Waals surface area contributed by atoms with E-state index in [-0.39, 0.29) is 32.5 Å². The molecule has 43 heavy (non-hydrogen) atoms. The number of hydrogen-bond acceptors (Lipinski definition) is 0. The molecular weight excluding hydrogens is 601 g/mol. The first-order valence-electron chi connectivity index (χ1n) is 16.2. The highest BCUT2D eigenvalue weighted by Gasteiger charge is 2.34. The van der Waals surface area contributed by atoms with Crippen LogP contribution in [0.2, 0.25) is 0 Å². The molecule has 2 aromatic carbocycles. The van der Waals surface area contributed by atoms with Gasteiger partial charge in [-0.25, -0.2) is 0 Å². The number of hydrogen-bond donors (Lipinski definition) is 0. The lowest BCUT2D eigenvalue weighted by Crippen LogP contribution is -2.32. The smallest absolute Gasteiger partial charge is 0.0218 e. The topological polar surface area (TPSA) is 0 Å². The summed E-state index contributed by atoms with van der Waals surface area (Å²) in [5, 5.41) is 2.81. The zero-order chi connectivity index (χ0) is 33.7. The molecule has 2 atom stereocenters. The third kappa shape index (κ3) is 9.93. The predicted octanol–water partition coefficient (Wildman–Crippen LogP) is 13.1. The fourth-order valence-electron chi connectivity index (χ4n) is 5.52. The molecule has 0 saturated carbocycles. The van der Waals surface area contributed by atoms with Gasteiger partial charge in [-0.2, -0.15) is 0 Å². The molecular formula is C39H64Cl2P2. The minimum absolute atomic E-state index is 0.0171. The Morgan fingerprint density at radius 2 is 0.605 bits per heavy atom. The van der Waals surface area contributed by atoms with E-state index in [1.165, 1.54) is 44.0 Å². The van der Waals surface area contributed by atoms with Crippen LogP contribution in [0.3, 0.4) is 0 Å². The van der Waals surface area contributed by atoms with Crippen LogP contribution < -0.4 is 10.6 Å². The van der Waals surface area contributed by atoms with Crippen molar-refractivity contribution in [3.63, 3.8) is 0 Å². The fraction of sp³-hybridized carbons (Fsp3) is 0.692. The van der Waals surface area contributed by atoms with Crippen molar-refractivity contribution in [2.75, 3.05) is 12.3 Å². The molecule has 0 saturated heterocycles. The number of rotatable bonds is 6. The van der Waals surface area contributed by atoms with Gasteiger partial charge in [0.15, 0.2) is 0 Å². The SMILES string of the molecule is CC(C)(C)c1cc(C(C)(C)C)c(P(Cl)CCCP(Cl)c2c(C(C)(C)C)cc(C(C)(C)C)cc2C(C)(C)C)c(C(C)(C)C)c1. The van der Waals surface area contributed by atoms with Crippen molar-refractivity contribution in [3.05, 3.63) is 57.6 Å². The molecule has 0 aromatic heterocycles. The Balaban J connectivity index is 2.57. The first-order chi connectivity index (χ1) is 19.0. The highest BCUT2D eigenvalue weighted by atomic mass is 35.7. The Hall–Kier alpha value is -0.120. The van der Waals surface area contributed by atoms with Gasteiger partial charge in [0.2, 0.25) is 0 Å². The summed E-state index contributed by atoms with van der Waals surface area (Å²) in [4.78, 5) is 0. The lowest BCUT2D eigenvalue weighted by atomic mass is 9.75. The van der Waals surface area contributed by atoms with Crippen molar-refractivity contribution in [2.45, 2.75) is 164 Å². The van der Waals surface area contributed by atoms with E-state index >= 15 is 0 Å². The second-order valence-corrected chi connectivity index (χ2v) is 24.6. The molecule has 0 aliphatic rings. The Kier molecular flexibility index (Phi) is 12.0. The molecule has 0 N–H and O–H groups in total. The van der Waals surface area contributed by atoms with E-state index in [2.05, 4.69) is 149 Å². The molecule has 0 amide bonds. The highest BCUT2D eigenvalue weighted by molar-refractivity contribution is 7.91. The van der Waals surface area contributed by atoms with Gasteiger partial charge in [-0.05, 0) is 95.2 Å². The molecule has 244 valence electrons. The summed E-state index contributed by atoms with van der Waals surface area (Å²) in [6.07, 6.45) is 3.01. The maximum absolute atomic E-state index is 7.53. The van der Waals surface area contributed by atoms with E-state index in [1.54, 1.807) is 0 Å². The number of halogens is 2. The minimum atomic E-state index is -0.851. The summed E-state index contributed by atoms with van der Waals surface area (Å²) in [5.41, 5.74) is 8.71. The molecule has 2 rings (SSSR count). The molecule has 0 bridgehead atoms. The standard InChI is InChI=1S/C39H64Cl2P2/c1-34(2,3)26-22-28(36(7,8)9)32(29(23-26)37(10,11)12)42(40)20-19-21-43(41)33-30(38(13,14)15)24-27(35(4,5)6)25-31(33)39(16,17)18/h22-25H,19-21H2,1-18H3. The monoisotopic (exact) mass is 664 g/mol. The van der Waals surface area contributed by atoms with Crippen LogP contribution in [0.25, 0.3) is 0 Å². The molecule has 0 spiro atoms. The quantitative estimate of drug-likeness (QED) is 0.269. The molecule has 0 nitrogen and oxygen atoms in total. The lowest BCUT2D eigenvalue weighted by Gasteiger charge is -2.35. The van der Waals surface area contributed by atoms with Crippen LogP contribution in [0.15, 0.2) is 24.3 Å². The molecule has 0 fully saturated rings. The van der Waals surface area contributed by atoms with Crippen molar-refractivity contribution < 1.29 is 0 Å². The molecule has 0 radical (unpaired) electrons. The maximum Gasteiger partial charge on any atom is 0.0218 e. The van der Waals surface area contributed by atoms with E-state index in [4.69, 9.17) is 22.5 Å². The van der Waals surface area contributed by atoms with Crippen molar-refractivity contribution in [3.8, 4) is 0 Å². The van der Waals surface area contributed by atoms with Crippen LogP contribution in [0.1, 0.15) is 164 Å². The van der Waals surface area contributed by atoms with Crippen LogP contribution in [0.4, 0.5) is 0 Å². The molecule has 0 aliphatic carbocycles. The van der Waals surface area contributed by atoms with Crippen molar-refractivity contribution in [2.24, 2.45) is 0 Å². The molecule has 4 heteroatoms. The van der Waals surface area contributed by atoms with Crippen LogP contribution >= 0.6 is 37.0 Å². The molecule has 2 aromatic rings. The van der Waals surface area contributed by atoms with Gasteiger partial charge in [0.1, 0.15) is 0 Å². The Labute approximate surface area is 280 Å². The average Bonchev–Trinajstić information content (AvgIpc) is 2.78. The minimum Gasteiger partial charge on any atom is -0.0911 e. The summed E-state index contributed by atoms with van der Waals surface area (Å²) in [6, 6.07) is 9.83. The molecule has 0 aliphatic heterocycles. The van der Waals surface area contributed by atoms with Crippen LogP contribution in [0, 0.1) is 0 Å². The van der Waals surface area contributed by atoms with Gasteiger partial charge in [-0.15, -0.1) is 0 Å². The van der Waals surface area contributed by atoms with Gasteiger partial charge in [0.05, 0.1) is 0 Å². The van der Waals surface area contributed by atoms with E-state index in [0.29, 0.717) is 0 Å². The first-order valence-corrected chi connectivity index (χ1v) is 21.1. The second kappa shape index (κ2) is 13.2.